The van der Waals surface area contributed by atoms with E-state index in [4.69, 9.17) is 4.74 Å². The lowest BCUT2D eigenvalue weighted by Gasteiger charge is -2.07. The zero-order valence-corrected chi connectivity index (χ0v) is 16.2. The number of benzene rings is 2. The molecule has 6 nitrogen and oxygen atoms in total. The molecule has 1 aromatic heterocycles. The van der Waals surface area contributed by atoms with Crippen LogP contribution < -0.4 is 9.88 Å². The van der Waals surface area contributed by atoms with Gasteiger partial charge in [-0.2, -0.15) is 4.99 Å². The molecule has 0 saturated carbocycles. The second kappa shape index (κ2) is 9.97. The highest BCUT2D eigenvalue weighted by molar-refractivity contribution is 5.84. The topological polar surface area (TPSA) is 71.6 Å². The molecule has 6 heteroatoms. The Kier molecular flexibility index (Phi) is 6.87. The Morgan fingerprint density at radius 2 is 1.76 bits per heavy atom. The van der Waals surface area contributed by atoms with Gasteiger partial charge in [0.1, 0.15) is 0 Å². The first-order chi connectivity index (χ1) is 14.1. The number of hydrogen-bond acceptors (Lipinski definition) is 4. The Balaban J connectivity index is 1.46. The fourth-order valence-corrected chi connectivity index (χ4v) is 2.87. The van der Waals surface area contributed by atoms with E-state index < -0.39 is 6.09 Å². The summed E-state index contributed by atoms with van der Waals surface area (Å²) in [5.41, 5.74) is 4.62. The number of rotatable bonds is 7. The van der Waals surface area contributed by atoms with Gasteiger partial charge < -0.3 is 4.74 Å². The van der Waals surface area contributed by atoms with Gasteiger partial charge in [-0.25, -0.2) is 14.2 Å². The van der Waals surface area contributed by atoms with Gasteiger partial charge >= 0.3 is 6.09 Å². The van der Waals surface area contributed by atoms with Crippen molar-refractivity contribution in [1.82, 2.24) is 0 Å². The van der Waals surface area contributed by atoms with Gasteiger partial charge in [-0.15, -0.1) is 0 Å². The smallest absolute Gasteiger partial charge is 0.411 e. The standard InChI is InChI=1S/C23H21N3O3/c1-18-3-2-12-26(16-18)13-14-29-23(28)25-22-10-6-20(7-11-22)15-19-4-8-21(9-5-19)24-17-27/h2-12,16H,13-15H2,1H3/p+1. The maximum absolute atomic E-state index is 12.0. The monoisotopic (exact) mass is 388 g/mol. The number of anilines is 1. The molecule has 0 saturated heterocycles. The third kappa shape index (κ3) is 6.41. The van der Waals surface area contributed by atoms with E-state index in [1.165, 1.54) is 6.08 Å². The number of ether oxygens (including phenoxy) is 1. The van der Waals surface area contributed by atoms with Crippen LogP contribution in [0.4, 0.5) is 16.2 Å². The van der Waals surface area contributed by atoms with Crippen LogP contribution in [0.15, 0.2) is 78.0 Å². The second-order valence-corrected chi connectivity index (χ2v) is 6.62. The van der Waals surface area contributed by atoms with Crippen molar-refractivity contribution in [1.29, 1.82) is 0 Å². The lowest BCUT2D eigenvalue weighted by molar-refractivity contribution is -0.698. The summed E-state index contributed by atoms with van der Waals surface area (Å²) in [6, 6.07) is 19.0. The van der Waals surface area contributed by atoms with E-state index in [2.05, 4.69) is 10.3 Å². The highest BCUT2D eigenvalue weighted by Crippen LogP contribution is 2.17. The highest BCUT2D eigenvalue weighted by atomic mass is 16.5. The second-order valence-electron chi connectivity index (χ2n) is 6.62. The number of pyridine rings is 1. The maximum Gasteiger partial charge on any atom is 0.411 e. The van der Waals surface area contributed by atoms with Gasteiger partial charge in [-0.3, -0.25) is 5.32 Å². The first-order valence-electron chi connectivity index (χ1n) is 9.27. The zero-order chi connectivity index (χ0) is 20.5. The van der Waals surface area contributed by atoms with Gasteiger partial charge in [-0.1, -0.05) is 24.3 Å². The largest absolute Gasteiger partial charge is 0.443 e. The molecule has 1 heterocycles. The normalized spacial score (nSPS) is 10.1. The fourth-order valence-electron chi connectivity index (χ4n) is 2.87. The number of isocyanates is 1. The molecule has 0 aliphatic carbocycles. The number of aliphatic imine (C=N–C) groups is 1. The summed E-state index contributed by atoms with van der Waals surface area (Å²) in [5, 5.41) is 2.73. The van der Waals surface area contributed by atoms with Gasteiger partial charge in [0.2, 0.25) is 6.08 Å². The lowest BCUT2D eigenvalue weighted by atomic mass is 10.0. The Bertz CT molecular complexity index is 1010. The number of nitrogens with one attached hydrogen (secondary N) is 1. The number of hydrogen-bond donors (Lipinski definition) is 1. The molecule has 3 rings (SSSR count). The van der Waals surface area contributed by atoms with Crippen molar-refractivity contribution in [3.8, 4) is 0 Å². The minimum Gasteiger partial charge on any atom is -0.443 e. The van der Waals surface area contributed by atoms with Crippen LogP contribution in [0.5, 0.6) is 0 Å². The van der Waals surface area contributed by atoms with Crippen LogP contribution in [-0.2, 0) is 22.5 Å². The molecule has 0 fully saturated rings. The number of amides is 1. The minimum atomic E-state index is -0.475. The van der Waals surface area contributed by atoms with Crippen LogP contribution in [0.1, 0.15) is 16.7 Å². The quantitative estimate of drug-likeness (QED) is 0.376. The van der Waals surface area contributed by atoms with Gasteiger partial charge in [-0.05, 0) is 54.8 Å². The molecule has 29 heavy (non-hydrogen) atoms. The first-order valence-corrected chi connectivity index (χ1v) is 9.27. The summed E-state index contributed by atoms with van der Waals surface area (Å²) >= 11 is 0. The average Bonchev–Trinajstić information content (AvgIpc) is 2.71. The molecule has 0 bridgehead atoms. The number of carbonyl (C=O) groups excluding carboxylic acids is 2. The van der Waals surface area contributed by atoms with E-state index in [9.17, 15) is 9.59 Å². The third-order valence-corrected chi connectivity index (χ3v) is 4.31. The predicted molar refractivity (Wildman–Crippen MR) is 110 cm³/mol. The van der Waals surface area contributed by atoms with Crippen LogP contribution in [0, 0.1) is 6.92 Å². The summed E-state index contributed by atoms with van der Waals surface area (Å²) in [6.45, 7) is 2.91. The van der Waals surface area contributed by atoms with E-state index in [1.807, 2.05) is 72.4 Å². The molecule has 1 amide bonds. The van der Waals surface area contributed by atoms with E-state index in [-0.39, 0.29) is 0 Å². The van der Waals surface area contributed by atoms with E-state index in [0.717, 1.165) is 23.1 Å². The van der Waals surface area contributed by atoms with Gasteiger partial charge in [0.05, 0.1) is 5.69 Å². The van der Waals surface area contributed by atoms with Crippen LogP contribution in [-0.4, -0.2) is 18.8 Å². The molecular formula is C23H22N3O3+. The molecule has 0 spiro atoms. The Morgan fingerprint density at radius 3 is 2.41 bits per heavy atom. The fraction of sp³-hybridized carbons (Fsp3) is 0.174. The molecule has 2 aromatic carbocycles. The van der Waals surface area contributed by atoms with Crippen molar-refractivity contribution < 1.29 is 18.9 Å². The molecule has 0 radical (unpaired) electrons. The molecule has 146 valence electrons. The van der Waals surface area contributed by atoms with Crippen molar-refractivity contribution in [3.63, 3.8) is 0 Å². The molecule has 0 atom stereocenters. The maximum atomic E-state index is 12.0. The van der Waals surface area contributed by atoms with Crippen molar-refractivity contribution in [2.75, 3.05) is 11.9 Å². The lowest BCUT2D eigenvalue weighted by Crippen LogP contribution is -2.36. The van der Waals surface area contributed by atoms with E-state index >= 15 is 0 Å². The van der Waals surface area contributed by atoms with E-state index in [1.54, 1.807) is 12.1 Å². The first kappa shape index (κ1) is 20.0. The number of aromatic nitrogens is 1. The summed E-state index contributed by atoms with van der Waals surface area (Å²) in [5.74, 6) is 0. The number of nitrogens with zero attached hydrogens (tertiary/aromatic N) is 2. The Hall–Kier alpha value is -3.76. The summed E-state index contributed by atoms with van der Waals surface area (Å²) < 4.78 is 7.22. The summed E-state index contributed by atoms with van der Waals surface area (Å²) in [6.07, 6.45) is 5.74. The van der Waals surface area contributed by atoms with Crippen LogP contribution in [0.3, 0.4) is 0 Å². The van der Waals surface area contributed by atoms with Crippen LogP contribution >= 0.6 is 0 Å². The predicted octanol–water partition coefficient (Wildman–Crippen LogP) is 4.09. The van der Waals surface area contributed by atoms with Crippen LogP contribution in [0.25, 0.3) is 0 Å². The van der Waals surface area contributed by atoms with Crippen molar-refractivity contribution >= 4 is 23.5 Å². The molecule has 0 aliphatic rings. The van der Waals surface area contributed by atoms with Gasteiger partial charge in [0.25, 0.3) is 0 Å². The van der Waals surface area contributed by atoms with Crippen molar-refractivity contribution in [3.05, 3.63) is 89.7 Å². The SMILES string of the molecule is Cc1ccc[n+](CCOC(=O)Nc2ccc(Cc3ccc(N=C=O)cc3)cc2)c1. The summed E-state index contributed by atoms with van der Waals surface area (Å²) in [7, 11) is 0. The highest BCUT2D eigenvalue weighted by Gasteiger charge is 2.06. The Labute approximate surface area is 169 Å². The van der Waals surface area contributed by atoms with Gasteiger partial charge in [0, 0.05) is 17.3 Å². The van der Waals surface area contributed by atoms with Crippen molar-refractivity contribution in [2.45, 2.75) is 19.9 Å². The number of aryl methyl sites for hydroxylation is 1. The third-order valence-electron chi connectivity index (χ3n) is 4.31. The number of carbonyl (C=O) groups is 1. The summed E-state index contributed by atoms with van der Waals surface area (Å²) in [4.78, 5) is 25.8. The van der Waals surface area contributed by atoms with Crippen LogP contribution in [0.2, 0.25) is 0 Å². The molecular weight excluding hydrogens is 366 g/mol. The van der Waals surface area contributed by atoms with E-state index in [0.29, 0.717) is 24.5 Å². The zero-order valence-electron chi connectivity index (χ0n) is 16.2. The molecule has 3 aromatic rings. The molecule has 1 N–H and O–H groups in total. The molecule has 0 aliphatic heterocycles. The molecule has 0 unspecified atom stereocenters. The average molecular weight is 388 g/mol. The Morgan fingerprint density at radius 1 is 1.07 bits per heavy atom. The van der Waals surface area contributed by atoms with Crippen molar-refractivity contribution in [2.24, 2.45) is 4.99 Å². The van der Waals surface area contributed by atoms with Gasteiger partial charge in [0.15, 0.2) is 25.5 Å². The minimum absolute atomic E-state index is 0.294.